The van der Waals surface area contributed by atoms with Crippen LogP contribution in [-0.4, -0.2) is 3.21 Å². The predicted molar refractivity (Wildman–Crippen MR) is 202 cm³/mol. The maximum absolute atomic E-state index is 2.70. The largest absolute Gasteiger partial charge is 1.00 e. The van der Waals surface area contributed by atoms with Crippen molar-refractivity contribution in [3.63, 3.8) is 0 Å². The molecular weight excluding hydrogens is 715 g/mol. The van der Waals surface area contributed by atoms with Gasteiger partial charge in [-0.15, -0.1) is 0 Å². The van der Waals surface area contributed by atoms with E-state index in [0.29, 0.717) is 9.54 Å². The summed E-state index contributed by atoms with van der Waals surface area (Å²) in [7, 11) is 0. The molecule has 0 spiro atoms. The first-order chi connectivity index (χ1) is 21.8. The molecule has 256 valence electrons. The SMILES string of the molecule is CC1=CC(C)[C](/[Zr+2](=[C](/C)c2ccccc2)[CH]2c3cc4c(cc3-c3cc5c(cc32)C(C)(C)C=C5C(C)(C)C)C(C(C)(C)C)=CC4(C)C)=C1.[Cl-].[Cl-]. The molecule has 0 heterocycles. The Bertz CT molecular complexity index is 1920. The maximum atomic E-state index is 2.70. The van der Waals surface area contributed by atoms with Gasteiger partial charge < -0.3 is 24.8 Å². The predicted octanol–water partition coefficient (Wildman–Crippen LogP) is 6.54. The second kappa shape index (κ2) is 12.6. The van der Waals surface area contributed by atoms with Crippen LogP contribution in [0.2, 0.25) is 0 Å². The first-order valence-corrected chi connectivity index (χ1v) is 21.7. The van der Waals surface area contributed by atoms with E-state index in [1.54, 1.807) is 17.6 Å². The Hall–Kier alpha value is -2.05. The molecule has 0 fully saturated rings. The Kier molecular flexibility index (Phi) is 9.80. The molecule has 1 unspecified atom stereocenters. The van der Waals surface area contributed by atoms with Crippen molar-refractivity contribution in [2.45, 2.75) is 104 Å². The van der Waals surface area contributed by atoms with Gasteiger partial charge in [-0.25, -0.2) is 0 Å². The van der Waals surface area contributed by atoms with Crippen molar-refractivity contribution in [3.8, 4) is 11.1 Å². The third kappa shape index (κ3) is 6.17. The Labute approximate surface area is 317 Å². The maximum Gasteiger partial charge on any atom is -1.00 e. The minimum atomic E-state index is -2.62. The zero-order valence-corrected chi connectivity index (χ0v) is 35.9. The van der Waals surface area contributed by atoms with Gasteiger partial charge in [0, 0.05) is 0 Å². The van der Waals surface area contributed by atoms with Gasteiger partial charge >= 0.3 is 295 Å². The number of benzene rings is 3. The van der Waals surface area contributed by atoms with Crippen LogP contribution in [0.15, 0.2) is 87.8 Å². The molecule has 0 N–H and O–H groups in total. The van der Waals surface area contributed by atoms with E-state index in [9.17, 15) is 0 Å². The van der Waals surface area contributed by atoms with Gasteiger partial charge in [-0.05, 0) is 0 Å². The van der Waals surface area contributed by atoms with Gasteiger partial charge in [0.1, 0.15) is 0 Å². The average Bonchev–Trinajstić information content (AvgIpc) is 3.65. The van der Waals surface area contributed by atoms with Crippen LogP contribution in [0.1, 0.15) is 133 Å². The van der Waals surface area contributed by atoms with Crippen molar-refractivity contribution < 1.29 is 46.1 Å². The van der Waals surface area contributed by atoms with Gasteiger partial charge in [0.15, 0.2) is 0 Å². The van der Waals surface area contributed by atoms with Gasteiger partial charge in [0.2, 0.25) is 0 Å². The summed E-state index contributed by atoms with van der Waals surface area (Å²) >= 11 is -2.62. The molecule has 0 saturated heterocycles. The number of hydrogen-bond acceptors (Lipinski definition) is 0. The standard InChI is InChI=1S/C31H37.C8H8.C7H9.2ClH.Zr/c1-28(2,3)26-16-30(7,8)24-12-18-11-19-13-25-23(15-21(19)20(18)14-22(24)26)27(29(4,5)6)17-31(25,9)10;1-2-8-6-4-3-5-7-8;1-6-3-4-7(2)5-6;;;/h11-17H,1-10H3;3-7H,1H3;3,5,7H,1-2H3;2*1H;/q;;;;;+2/p-2. The van der Waals surface area contributed by atoms with Crippen molar-refractivity contribution in [2.24, 2.45) is 16.7 Å². The number of halogens is 2. The fraction of sp³-hybridized carbons (Fsp3) is 0.413. The van der Waals surface area contributed by atoms with Crippen LogP contribution < -0.4 is 24.8 Å². The quantitative estimate of drug-likeness (QED) is 0.284. The normalized spacial score (nSPS) is 20.1. The smallest absolute Gasteiger partial charge is 1.00 e. The van der Waals surface area contributed by atoms with Gasteiger partial charge in [0.05, 0.1) is 0 Å². The van der Waals surface area contributed by atoms with E-state index in [1.165, 1.54) is 55.7 Å². The minimum absolute atomic E-state index is 0. The van der Waals surface area contributed by atoms with Crippen LogP contribution in [-0.2, 0) is 32.1 Å². The number of hydrogen-bond donors (Lipinski definition) is 0. The first-order valence-electron chi connectivity index (χ1n) is 17.8. The van der Waals surface area contributed by atoms with Crippen LogP contribution >= 0.6 is 0 Å². The molecular formula is C46H54Cl2Zr. The molecule has 0 radical (unpaired) electrons. The molecule has 7 rings (SSSR count). The minimum Gasteiger partial charge on any atom is -1.00 e. The number of fused-ring (bicyclic) bond motifs is 5. The number of rotatable bonds is 3. The van der Waals surface area contributed by atoms with Gasteiger partial charge in [-0.1, -0.05) is 0 Å². The molecule has 0 aliphatic heterocycles. The summed E-state index contributed by atoms with van der Waals surface area (Å²) in [5.41, 5.74) is 18.2. The number of allylic oxidation sites excluding steroid dienone is 8. The zero-order valence-electron chi connectivity index (χ0n) is 31.9. The summed E-state index contributed by atoms with van der Waals surface area (Å²) in [6.07, 6.45) is 10.3. The Morgan fingerprint density at radius 2 is 1.12 bits per heavy atom. The zero-order chi connectivity index (χ0) is 34.0. The molecule has 0 aromatic heterocycles. The first kappa shape index (κ1) is 38.2. The van der Waals surface area contributed by atoms with E-state index >= 15 is 0 Å². The van der Waals surface area contributed by atoms with Crippen molar-refractivity contribution >= 4 is 14.4 Å². The molecule has 0 saturated carbocycles. The second-order valence-corrected chi connectivity index (χ2v) is 24.9. The fourth-order valence-electron chi connectivity index (χ4n) is 9.12. The Morgan fingerprint density at radius 3 is 1.51 bits per heavy atom. The van der Waals surface area contributed by atoms with Crippen LogP contribution in [0.25, 0.3) is 22.3 Å². The molecule has 1 atom stereocenters. The summed E-state index contributed by atoms with van der Waals surface area (Å²) in [4.78, 5) is 0. The summed E-state index contributed by atoms with van der Waals surface area (Å²) in [5.74, 6) is 0.496. The van der Waals surface area contributed by atoms with E-state index in [0.717, 1.165) is 0 Å². The van der Waals surface area contributed by atoms with E-state index in [4.69, 9.17) is 0 Å². The van der Waals surface area contributed by atoms with E-state index in [-0.39, 0.29) is 46.5 Å². The third-order valence-corrected chi connectivity index (χ3v) is 20.1. The molecule has 4 aliphatic rings. The summed E-state index contributed by atoms with van der Waals surface area (Å²) < 4.78 is 3.85. The van der Waals surface area contributed by atoms with E-state index in [2.05, 4.69) is 169 Å². The van der Waals surface area contributed by atoms with Crippen molar-refractivity contribution in [3.05, 3.63) is 127 Å². The average molecular weight is 769 g/mol. The van der Waals surface area contributed by atoms with Crippen LogP contribution in [0.4, 0.5) is 0 Å². The summed E-state index contributed by atoms with van der Waals surface area (Å²) in [6, 6.07) is 22.0. The molecule has 3 heteroatoms. The molecule has 0 bridgehead atoms. The molecule has 49 heavy (non-hydrogen) atoms. The molecule has 4 aliphatic carbocycles. The second-order valence-electron chi connectivity index (χ2n) is 18.2. The Morgan fingerprint density at radius 1 is 0.673 bits per heavy atom. The van der Waals surface area contributed by atoms with Crippen LogP contribution in [0, 0.1) is 16.7 Å². The van der Waals surface area contributed by atoms with Crippen LogP contribution in [0.3, 0.4) is 0 Å². The van der Waals surface area contributed by atoms with Gasteiger partial charge in [0.25, 0.3) is 0 Å². The summed E-state index contributed by atoms with van der Waals surface area (Å²) in [6.45, 7) is 31.3. The van der Waals surface area contributed by atoms with Crippen molar-refractivity contribution in [2.75, 3.05) is 0 Å². The van der Waals surface area contributed by atoms with Crippen molar-refractivity contribution in [1.29, 1.82) is 0 Å². The molecule has 3 aromatic rings. The monoisotopic (exact) mass is 766 g/mol. The molecule has 0 amide bonds. The molecule has 0 nitrogen and oxygen atoms in total. The summed E-state index contributed by atoms with van der Waals surface area (Å²) in [5, 5.41) is 0. The van der Waals surface area contributed by atoms with E-state index in [1.807, 2.05) is 0 Å². The van der Waals surface area contributed by atoms with Crippen LogP contribution in [0.5, 0.6) is 0 Å². The topological polar surface area (TPSA) is 0 Å². The Balaban J connectivity index is 0.00000234. The van der Waals surface area contributed by atoms with E-state index < -0.39 is 21.3 Å². The van der Waals surface area contributed by atoms with Crippen molar-refractivity contribution in [1.82, 2.24) is 0 Å². The third-order valence-electron chi connectivity index (χ3n) is 11.5. The molecule has 3 aromatic carbocycles. The van der Waals surface area contributed by atoms with Gasteiger partial charge in [-0.2, -0.15) is 0 Å². The van der Waals surface area contributed by atoms with Gasteiger partial charge in [-0.3, -0.25) is 0 Å². The fourth-order valence-corrected chi connectivity index (χ4v) is 18.3.